The van der Waals surface area contributed by atoms with E-state index in [4.69, 9.17) is 4.42 Å². The number of benzene rings is 1. The maximum atomic E-state index is 11.8. The van der Waals surface area contributed by atoms with Crippen LogP contribution in [0.15, 0.2) is 33.9 Å². The number of nitrogens with zero attached hydrogens (tertiary/aromatic N) is 2. The summed E-state index contributed by atoms with van der Waals surface area (Å²) in [6.45, 7) is 1.94. The molecule has 2 rings (SSSR count). The van der Waals surface area contributed by atoms with Crippen molar-refractivity contribution in [2.45, 2.75) is 18.6 Å². The highest BCUT2D eigenvalue weighted by atomic mass is 127. The first-order chi connectivity index (χ1) is 9.19. The number of thioether (sulfide) groups is 1. The van der Waals surface area contributed by atoms with Crippen LogP contribution in [-0.2, 0) is 11.2 Å². The normalized spacial score (nSPS) is 10.4. The Morgan fingerprint density at radius 1 is 1.42 bits per heavy atom. The Labute approximate surface area is 128 Å². The molecule has 1 amide bonds. The van der Waals surface area contributed by atoms with Gasteiger partial charge in [0.25, 0.3) is 5.22 Å². The Morgan fingerprint density at radius 3 is 2.89 bits per heavy atom. The number of amides is 1. The zero-order valence-electron chi connectivity index (χ0n) is 10.2. The summed E-state index contributed by atoms with van der Waals surface area (Å²) in [7, 11) is 0. The van der Waals surface area contributed by atoms with Gasteiger partial charge in [0, 0.05) is 9.99 Å². The number of aryl methyl sites for hydroxylation is 1. The van der Waals surface area contributed by atoms with Gasteiger partial charge in [0.2, 0.25) is 11.8 Å². The van der Waals surface area contributed by atoms with Crippen LogP contribution in [0, 0.1) is 3.57 Å². The lowest BCUT2D eigenvalue weighted by Crippen LogP contribution is -2.14. The van der Waals surface area contributed by atoms with Crippen molar-refractivity contribution in [3.63, 3.8) is 0 Å². The van der Waals surface area contributed by atoms with E-state index in [2.05, 4.69) is 38.1 Å². The van der Waals surface area contributed by atoms with Crippen LogP contribution in [0.1, 0.15) is 12.8 Å². The SMILES string of the molecule is CCc1nnc(SCC(=O)Nc2ccccc2I)o1. The quantitative estimate of drug-likeness (QED) is 0.629. The number of nitrogens with one attached hydrogen (secondary N) is 1. The van der Waals surface area contributed by atoms with Crippen LogP contribution in [0.5, 0.6) is 0 Å². The highest BCUT2D eigenvalue weighted by Gasteiger charge is 2.09. The predicted molar refractivity (Wildman–Crippen MR) is 82.2 cm³/mol. The fourth-order valence-corrected chi connectivity index (χ4v) is 2.42. The maximum absolute atomic E-state index is 11.8. The molecule has 0 saturated carbocycles. The molecule has 0 atom stereocenters. The van der Waals surface area contributed by atoms with Gasteiger partial charge in [0.1, 0.15) is 0 Å². The van der Waals surface area contributed by atoms with E-state index in [-0.39, 0.29) is 11.7 Å². The van der Waals surface area contributed by atoms with Crippen molar-refractivity contribution in [2.75, 3.05) is 11.1 Å². The molecule has 1 aromatic carbocycles. The van der Waals surface area contributed by atoms with E-state index in [1.165, 1.54) is 11.8 Å². The first-order valence-electron chi connectivity index (χ1n) is 5.68. The second kappa shape index (κ2) is 6.90. The van der Waals surface area contributed by atoms with E-state index < -0.39 is 0 Å². The molecule has 0 radical (unpaired) electrons. The molecule has 0 saturated heterocycles. The number of rotatable bonds is 5. The summed E-state index contributed by atoms with van der Waals surface area (Å²) >= 11 is 3.41. The molecule has 1 heterocycles. The summed E-state index contributed by atoms with van der Waals surface area (Å²) < 4.78 is 6.32. The van der Waals surface area contributed by atoms with Crippen molar-refractivity contribution < 1.29 is 9.21 Å². The van der Waals surface area contributed by atoms with E-state index in [9.17, 15) is 4.79 Å². The van der Waals surface area contributed by atoms with Gasteiger partial charge in [-0.15, -0.1) is 10.2 Å². The lowest BCUT2D eigenvalue weighted by atomic mass is 10.3. The van der Waals surface area contributed by atoms with Crippen molar-refractivity contribution in [2.24, 2.45) is 0 Å². The molecular formula is C12H12IN3O2S. The Hall–Kier alpha value is -1.09. The number of anilines is 1. The van der Waals surface area contributed by atoms with E-state index in [0.717, 1.165) is 9.26 Å². The van der Waals surface area contributed by atoms with Gasteiger partial charge in [-0.2, -0.15) is 0 Å². The van der Waals surface area contributed by atoms with E-state index >= 15 is 0 Å². The summed E-state index contributed by atoms with van der Waals surface area (Å²) in [4.78, 5) is 11.8. The van der Waals surface area contributed by atoms with Crippen molar-refractivity contribution >= 4 is 45.9 Å². The van der Waals surface area contributed by atoms with Crippen LogP contribution in [0.2, 0.25) is 0 Å². The van der Waals surface area contributed by atoms with Gasteiger partial charge in [0.15, 0.2) is 0 Å². The summed E-state index contributed by atoms with van der Waals surface area (Å²) in [6, 6.07) is 7.62. The molecule has 5 nitrogen and oxygen atoms in total. The highest BCUT2D eigenvalue weighted by molar-refractivity contribution is 14.1. The molecule has 7 heteroatoms. The van der Waals surface area contributed by atoms with Crippen LogP contribution < -0.4 is 5.32 Å². The van der Waals surface area contributed by atoms with Crippen molar-refractivity contribution in [3.8, 4) is 0 Å². The highest BCUT2D eigenvalue weighted by Crippen LogP contribution is 2.19. The Morgan fingerprint density at radius 2 is 2.21 bits per heavy atom. The molecule has 19 heavy (non-hydrogen) atoms. The lowest BCUT2D eigenvalue weighted by molar-refractivity contribution is -0.113. The standard InChI is InChI=1S/C12H12IN3O2S/c1-2-11-15-16-12(18-11)19-7-10(17)14-9-6-4-3-5-8(9)13/h3-6H,2,7H2,1H3,(H,14,17). The third kappa shape index (κ3) is 4.20. The molecule has 2 aromatic rings. The van der Waals surface area contributed by atoms with Crippen LogP contribution in [0.4, 0.5) is 5.69 Å². The largest absolute Gasteiger partial charge is 0.416 e. The number of carbonyl (C=O) groups is 1. The van der Waals surface area contributed by atoms with Gasteiger partial charge in [-0.1, -0.05) is 30.8 Å². The number of aromatic nitrogens is 2. The average molecular weight is 389 g/mol. The number of carbonyl (C=O) groups excluding carboxylic acids is 1. The number of hydrogen-bond acceptors (Lipinski definition) is 5. The van der Waals surface area contributed by atoms with Crippen molar-refractivity contribution in [1.82, 2.24) is 10.2 Å². The molecule has 1 N–H and O–H groups in total. The Kier molecular flexibility index (Phi) is 5.20. The topological polar surface area (TPSA) is 68.0 Å². The third-order valence-electron chi connectivity index (χ3n) is 2.23. The molecule has 0 aliphatic rings. The first-order valence-corrected chi connectivity index (χ1v) is 7.75. The zero-order chi connectivity index (χ0) is 13.7. The zero-order valence-corrected chi connectivity index (χ0v) is 13.2. The molecule has 0 aliphatic heterocycles. The molecule has 100 valence electrons. The van der Waals surface area contributed by atoms with Gasteiger partial charge in [-0.05, 0) is 34.7 Å². The Balaban J connectivity index is 1.86. The van der Waals surface area contributed by atoms with E-state index in [1.54, 1.807) is 0 Å². The van der Waals surface area contributed by atoms with Gasteiger partial charge in [0.05, 0.1) is 11.4 Å². The van der Waals surface area contributed by atoms with Crippen molar-refractivity contribution in [3.05, 3.63) is 33.7 Å². The van der Waals surface area contributed by atoms with E-state index in [0.29, 0.717) is 17.5 Å². The molecule has 0 unspecified atom stereocenters. The number of para-hydroxylation sites is 1. The van der Waals surface area contributed by atoms with Crippen molar-refractivity contribution in [1.29, 1.82) is 0 Å². The fourth-order valence-electron chi connectivity index (χ4n) is 1.32. The van der Waals surface area contributed by atoms with Gasteiger partial charge in [-0.3, -0.25) is 4.79 Å². The second-order valence-corrected chi connectivity index (χ2v) is 5.72. The number of hydrogen-bond donors (Lipinski definition) is 1. The van der Waals surface area contributed by atoms with Crippen LogP contribution in [-0.4, -0.2) is 21.9 Å². The summed E-state index contributed by atoms with van der Waals surface area (Å²) in [5, 5.41) is 11.0. The molecule has 0 aliphatic carbocycles. The minimum absolute atomic E-state index is 0.0923. The first kappa shape index (κ1) is 14.3. The van der Waals surface area contributed by atoms with Gasteiger partial charge >= 0.3 is 0 Å². The minimum atomic E-state index is -0.0923. The predicted octanol–water partition coefficient (Wildman–Crippen LogP) is 2.97. The average Bonchev–Trinajstić information content (AvgIpc) is 2.87. The summed E-state index contributed by atoms with van der Waals surface area (Å²) in [6.07, 6.45) is 0.696. The molecule has 1 aromatic heterocycles. The summed E-state index contributed by atoms with van der Waals surface area (Å²) in [5.41, 5.74) is 0.813. The number of halogens is 1. The molecule has 0 bridgehead atoms. The molecule has 0 fully saturated rings. The van der Waals surface area contributed by atoms with Gasteiger partial charge in [-0.25, -0.2) is 0 Å². The fraction of sp³-hybridized carbons (Fsp3) is 0.250. The second-order valence-electron chi connectivity index (χ2n) is 3.63. The monoisotopic (exact) mass is 389 g/mol. The van der Waals surface area contributed by atoms with Crippen LogP contribution >= 0.6 is 34.4 Å². The van der Waals surface area contributed by atoms with Crippen LogP contribution in [0.25, 0.3) is 0 Å². The lowest BCUT2D eigenvalue weighted by Gasteiger charge is -2.05. The summed E-state index contributed by atoms with van der Waals surface area (Å²) in [5.74, 6) is 0.738. The van der Waals surface area contributed by atoms with Crippen LogP contribution in [0.3, 0.4) is 0 Å². The smallest absolute Gasteiger partial charge is 0.277 e. The molecule has 0 spiro atoms. The van der Waals surface area contributed by atoms with E-state index in [1.807, 2.05) is 31.2 Å². The van der Waals surface area contributed by atoms with Gasteiger partial charge < -0.3 is 9.73 Å². The Bertz CT molecular complexity index is 574. The molecular weight excluding hydrogens is 377 g/mol. The third-order valence-corrected chi connectivity index (χ3v) is 3.98. The minimum Gasteiger partial charge on any atom is -0.416 e. The maximum Gasteiger partial charge on any atom is 0.277 e.